The molecule has 0 aliphatic heterocycles. The maximum atomic E-state index is 13.5. The number of anilines is 1. The van der Waals surface area contributed by atoms with Crippen LogP contribution >= 0.6 is 35.3 Å². The van der Waals surface area contributed by atoms with E-state index in [2.05, 4.69) is 11.1 Å². The van der Waals surface area contributed by atoms with Gasteiger partial charge < -0.3 is 4.57 Å². The van der Waals surface area contributed by atoms with E-state index in [-0.39, 0.29) is 28.9 Å². The summed E-state index contributed by atoms with van der Waals surface area (Å²) in [4.78, 5) is 23.8. The molecule has 4 rings (SSSR count). The largest absolute Gasteiger partial charge is 0.337 e. The van der Waals surface area contributed by atoms with Crippen molar-refractivity contribution in [3.05, 3.63) is 76.6 Å². The first-order valence-corrected chi connectivity index (χ1v) is 10.7. The fraction of sp³-hybridized carbons (Fsp3) is 0.227. The molecule has 0 aliphatic rings. The Morgan fingerprint density at radius 2 is 2.06 bits per heavy atom. The number of imidazole rings is 1. The zero-order valence-corrected chi connectivity index (χ0v) is 19.4. The summed E-state index contributed by atoms with van der Waals surface area (Å²) in [7, 11) is 0. The van der Waals surface area contributed by atoms with E-state index in [0.717, 1.165) is 27.4 Å². The van der Waals surface area contributed by atoms with Gasteiger partial charge in [0.15, 0.2) is 5.13 Å². The Morgan fingerprint density at radius 1 is 1.26 bits per heavy atom. The minimum atomic E-state index is -0.478. The second-order valence-corrected chi connectivity index (χ2v) is 8.55. The van der Waals surface area contributed by atoms with Crippen molar-refractivity contribution in [3.8, 4) is 0 Å². The predicted molar refractivity (Wildman–Crippen MR) is 126 cm³/mol. The number of benzene rings is 2. The average Bonchev–Trinajstić information content (AvgIpc) is 3.34. The molecular formula is C22H21Cl2FN4OS. The van der Waals surface area contributed by atoms with Gasteiger partial charge in [-0.3, -0.25) is 9.69 Å². The molecule has 0 unspecified atom stereocenters. The molecule has 9 heteroatoms. The maximum absolute atomic E-state index is 13.5. The monoisotopic (exact) mass is 478 g/mol. The molecular weight excluding hydrogens is 458 g/mol. The van der Waals surface area contributed by atoms with Crippen LogP contribution in [-0.2, 0) is 6.54 Å². The quantitative estimate of drug-likeness (QED) is 0.338. The Hall–Kier alpha value is -2.48. The third-order valence-corrected chi connectivity index (χ3v) is 6.35. The van der Waals surface area contributed by atoms with Crippen molar-refractivity contribution < 1.29 is 9.18 Å². The molecule has 0 saturated carbocycles. The first kappa shape index (κ1) is 23.2. The van der Waals surface area contributed by atoms with Crippen molar-refractivity contribution in [2.24, 2.45) is 0 Å². The van der Waals surface area contributed by atoms with Crippen molar-refractivity contribution in [3.63, 3.8) is 0 Å². The van der Waals surface area contributed by atoms with E-state index in [4.69, 9.17) is 16.6 Å². The van der Waals surface area contributed by atoms with Gasteiger partial charge >= 0.3 is 0 Å². The number of halogens is 3. The van der Waals surface area contributed by atoms with Crippen molar-refractivity contribution in [1.29, 1.82) is 0 Å². The first-order chi connectivity index (χ1) is 14.4. The lowest BCUT2D eigenvalue weighted by Gasteiger charge is -2.20. The highest BCUT2D eigenvalue weighted by atomic mass is 35.5. The molecule has 162 valence electrons. The number of carbonyl (C=O) groups is 1. The van der Waals surface area contributed by atoms with Crippen LogP contribution in [0.3, 0.4) is 0 Å². The summed E-state index contributed by atoms with van der Waals surface area (Å²) >= 11 is 7.66. The second-order valence-electron chi connectivity index (χ2n) is 7.16. The summed E-state index contributed by atoms with van der Waals surface area (Å²) in [5.74, 6) is -0.770. The molecule has 0 bridgehead atoms. The number of carbonyl (C=O) groups excluding carboxylic acids is 1. The fourth-order valence-corrected chi connectivity index (χ4v) is 4.69. The first-order valence-electron chi connectivity index (χ1n) is 9.53. The van der Waals surface area contributed by atoms with Crippen LogP contribution in [0.25, 0.3) is 10.2 Å². The highest BCUT2D eigenvalue weighted by molar-refractivity contribution is 7.22. The molecule has 31 heavy (non-hydrogen) atoms. The second kappa shape index (κ2) is 9.77. The number of aromatic nitrogens is 3. The van der Waals surface area contributed by atoms with Crippen LogP contribution in [0.4, 0.5) is 9.52 Å². The topological polar surface area (TPSA) is 51.0 Å². The van der Waals surface area contributed by atoms with Crippen LogP contribution in [0.15, 0.2) is 49.1 Å². The number of hydrogen-bond donors (Lipinski definition) is 0. The molecule has 0 spiro atoms. The molecule has 0 fully saturated rings. The zero-order valence-electron chi connectivity index (χ0n) is 17.0. The summed E-state index contributed by atoms with van der Waals surface area (Å²) in [6.45, 7) is 5.23. The minimum absolute atomic E-state index is 0. The van der Waals surface area contributed by atoms with Crippen LogP contribution in [-0.4, -0.2) is 27.0 Å². The van der Waals surface area contributed by atoms with E-state index in [1.54, 1.807) is 17.4 Å². The highest BCUT2D eigenvalue weighted by Gasteiger charge is 2.23. The van der Waals surface area contributed by atoms with Gasteiger partial charge in [-0.1, -0.05) is 29.0 Å². The van der Waals surface area contributed by atoms with Gasteiger partial charge in [0.25, 0.3) is 5.91 Å². The smallest absolute Gasteiger partial charge is 0.261 e. The van der Waals surface area contributed by atoms with Crippen molar-refractivity contribution in [1.82, 2.24) is 14.5 Å². The zero-order chi connectivity index (χ0) is 21.3. The van der Waals surface area contributed by atoms with Gasteiger partial charge in [0.1, 0.15) is 5.82 Å². The molecule has 0 aliphatic carbocycles. The molecule has 0 radical (unpaired) electrons. The summed E-state index contributed by atoms with van der Waals surface area (Å²) in [6, 6.07) is 7.94. The van der Waals surface area contributed by atoms with Crippen molar-refractivity contribution >= 4 is 56.6 Å². The Kier molecular flexibility index (Phi) is 7.30. The number of fused-ring (bicyclic) bond motifs is 1. The van der Waals surface area contributed by atoms with E-state index >= 15 is 0 Å². The summed E-state index contributed by atoms with van der Waals surface area (Å²) in [5.41, 5.74) is 3.37. The number of hydrogen-bond acceptors (Lipinski definition) is 4. The van der Waals surface area contributed by atoms with Gasteiger partial charge in [-0.15, -0.1) is 12.4 Å². The molecule has 1 amide bonds. The SMILES string of the molecule is Cc1cc(C)c2sc(N(CCCn3ccnc3)C(=O)c3ccc(F)cc3Cl)nc2c1.Cl. The summed E-state index contributed by atoms with van der Waals surface area (Å²) < 4.78 is 16.5. The van der Waals surface area contributed by atoms with E-state index in [9.17, 15) is 9.18 Å². The molecule has 4 aromatic rings. The normalized spacial score (nSPS) is 10.8. The van der Waals surface area contributed by atoms with E-state index in [1.165, 1.54) is 23.5 Å². The van der Waals surface area contributed by atoms with Crippen LogP contribution < -0.4 is 4.90 Å². The van der Waals surface area contributed by atoms with E-state index in [0.29, 0.717) is 24.6 Å². The van der Waals surface area contributed by atoms with E-state index in [1.807, 2.05) is 30.7 Å². The van der Waals surface area contributed by atoms with Gasteiger partial charge in [0, 0.05) is 25.5 Å². The molecule has 2 aromatic carbocycles. The van der Waals surface area contributed by atoms with Gasteiger partial charge in [0.05, 0.1) is 27.1 Å². The number of aryl methyl sites for hydroxylation is 3. The number of rotatable bonds is 6. The summed E-state index contributed by atoms with van der Waals surface area (Å²) in [5, 5.41) is 0.697. The number of amides is 1. The van der Waals surface area contributed by atoms with Crippen molar-refractivity contribution in [2.45, 2.75) is 26.8 Å². The lowest BCUT2D eigenvalue weighted by atomic mass is 10.1. The Morgan fingerprint density at radius 3 is 2.77 bits per heavy atom. The molecule has 2 aromatic heterocycles. The number of nitrogens with zero attached hydrogens (tertiary/aromatic N) is 4. The lowest BCUT2D eigenvalue weighted by Crippen LogP contribution is -2.32. The Balaban J connectivity index is 0.00000272. The third-order valence-electron chi connectivity index (χ3n) is 4.80. The van der Waals surface area contributed by atoms with Gasteiger partial charge in [-0.25, -0.2) is 14.4 Å². The Bertz CT molecular complexity index is 1210. The van der Waals surface area contributed by atoms with Crippen molar-refractivity contribution in [2.75, 3.05) is 11.4 Å². The minimum Gasteiger partial charge on any atom is -0.337 e. The molecule has 0 saturated heterocycles. The van der Waals surface area contributed by atoms with Gasteiger partial charge in [-0.05, 0) is 55.7 Å². The molecule has 0 atom stereocenters. The summed E-state index contributed by atoms with van der Waals surface area (Å²) in [6.07, 6.45) is 6.05. The van der Waals surface area contributed by atoms with Crippen LogP contribution in [0.1, 0.15) is 27.9 Å². The maximum Gasteiger partial charge on any atom is 0.261 e. The van der Waals surface area contributed by atoms with Gasteiger partial charge in [-0.2, -0.15) is 0 Å². The highest BCUT2D eigenvalue weighted by Crippen LogP contribution is 2.33. The van der Waals surface area contributed by atoms with Crippen LogP contribution in [0, 0.1) is 19.7 Å². The van der Waals surface area contributed by atoms with Crippen LogP contribution in [0.2, 0.25) is 5.02 Å². The number of thiazole rings is 1. The molecule has 2 heterocycles. The van der Waals surface area contributed by atoms with Gasteiger partial charge in [0.2, 0.25) is 0 Å². The van der Waals surface area contributed by atoms with Crippen LogP contribution in [0.5, 0.6) is 0 Å². The standard InChI is InChI=1S/C22H20ClFN4OS.ClH/c1-14-10-15(2)20-19(11-14)26-22(30-20)28(8-3-7-27-9-6-25-13-27)21(29)17-5-4-16(24)12-18(17)23;/h4-6,9-13H,3,7-8H2,1-2H3;1H. The fourth-order valence-electron chi connectivity index (χ4n) is 3.40. The average molecular weight is 479 g/mol. The van der Waals surface area contributed by atoms with E-state index < -0.39 is 5.82 Å². The predicted octanol–water partition coefficient (Wildman–Crippen LogP) is 6.06. The Labute approximate surface area is 194 Å². The molecule has 0 N–H and O–H groups in total. The molecule has 5 nitrogen and oxygen atoms in total. The third kappa shape index (κ3) is 5.06. The lowest BCUT2D eigenvalue weighted by molar-refractivity contribution is 0.0986.